The fourth-order valence-corrected chi connectivity index (χ4v) is 3.11. The quantitative estimate of drug-likeness (QED) is 0.916. The Hall–Kier alpha value is -1.85. The molecule has 0 saturated carbocycles. The molecule has 0 radical (unpaired) electrons. The first-order valence-electron chi connectivity index (χ1n) is 7.95. The van der Waals surface area contributed by atoms with Gasteiger partial charge in [-0.15, -0.1) is 12.4 Å². The summed E-state index contributed by atoms with van der Waals surface area (Å²) in [5.74, 6) is 1.02. The Kier molecular flexibility index (Phi) is 6.02. The molecule has 1 aliphatic rings. The summed E-state index contributed by atoms with van der Waals surface area (Å²) < 4.78 is 18.7. The van der Waals surface area contributed by atoms with Gasteiger partial charge in [0, 0.05) is 24.7 Å². The van der Waals surface area contributed by atoms with Crippen LogP contribution in [0.3, 0.4) is 0 Å². The van der Waals surface area contributed by atoms with Gasteiger partial charge >= 0.3 is 0 Å². The number of piperidine rings is 1. The maximum absolute atomic E-state index is 13.0. The third-order valence-electron chi connectivity index (χ3n) is 4.46. The van der Waals surface area contributed by atoms with Crippen LogP contribution in [0.4, 0.5) is 4.39 Å². The number of carbonyl (C=O) groups excluding carboxylic acids is 1. The molecule has 1 aliphatic heterocycles. The predicted molar refractivity (Wildman–Crippen MR) is 93.6 cm³/mol. The van der Waals surface area contributed by atoms with Gasteiger partial charge in [-0.25, -0.2) is 4.39 Å². The Bertz CT molecular complexity index is 687. The summed E-state index contributed by atoms with van der Waals surface area (Å²) >= 11 is 0. The smallest absolute Gasteiger partial charge is 0.289 e. The number of benzene rings is 1. The lowest BCUT2D eigenvalue weighted by Crippen LogP contribution is -2.49. The fraction of sp³-hybridized carbons (Fsp3) is 0.389. The Morgan fingerprint density at radius 3 is 2.67 bits per heavy atom. The molecular weight excluding hydrogens is 331 g/mol. The van der Waals surface area contributed by atoms with E-state index >= 15 is 0 Å². The first-order valence-corrected chi connectivity index (χ1v) is 7.95. The number of furan rings is 1. The third-order valence-corrected chi connectivity index (χ3v) is 4.46. The molecule has 1 saturated heterocycles. The summed E-state index contributed by atoms with van der Waals surface area (Å²) in [4.78, 5) is 14.5. The van der Waals surface area contributed by atoms with Gasteiger partial charge in [-0.3, -0.25) is 4.79 Å². The van der Waals surface area contributed by atoms with Crippen molar-refractivity contribution in [1.82, 2.24) is 4.90 Å². The van der Waals surface area contributed by atoms with Crippen LogP contribution in [0.2, 0.25) is 0 Å². The van der Waals surface area contributed by atoms with Gasteiger partial charge < -0.3 is 15.1 Å². The van der Waals surface area contributed by atoms with E-state index in [2.05, 4.69) is 6.92 Å². The van der Waals surface area contributed by atoms with E-state index in [4.69, 9.17) is 10.2 Å². The molecule has 1 fully saturated rings. The van der Waals surface area contributed by atoms with E-state index in [1.807, 2.05) is 4.90 Å². The Labute approximate surface area is 147 Å². The summed E-state index contributed by atoms with van der Waals surface area (Å²) in [6.45, 7) is 3.35. The lowest BCUT2D eigenvalue weighted by Gasteiger charge is -2.37. The number of amides is 1. The van der Waals surface area contributed by atoms with Gasteiger partial charge in [0.05, 0.1) is 0 Å². The van der Waals surface area contributed by atoms with Crippen LogP contribution >= 0.6 is 12.4 Å². The van der Waals surface area contributed by atoms with Crippen molar-refractivity contribution in [1.29, 1.82) is 0 Å². The third kappa shape index (κ3) is 3.79. The van der Waals surface area contributed by atoms with E-state index in [-0.39, 0.29) is 30.2 Å². The van der Waals surface area contributed by atoms with Gasteiger partial charge in [-0.2, -0.15) is 0 Å². The monoisotopic (exact) mass is 352 g/mol. The van der Waals surface area contributed by atoms with Crippen molar-refractivity contribution in [3.63, 3.8) is 0 Å². The molecule has 0 aliphatic carbocycles. The molecular formula is C18H22ClFN2O2. The molecule has 0 bridgehead atoms. The van der Waals surface area contributed by atoms with Gasteiger partial charge in [-0.05, 0) is 55.2 Å². The first-order chi connectivity index (χ1) is 11.1. The van der Waals surface area contributed by atoms with Crippen LogP contribution in [-0.2, 0) is 0 Å². The average molecular weight is 353 g/mol. The fourth-order valence-electron chi connectivity index (χ4n) is 3.11. The summed E-state index contributed by atoms with van der Waals surface area (Å²) in [6, 6.07) is 9.48. The molecule has 4 nitrogen and oxygen atoms in total. The molecule has 6 heteroatoms. The van der Waals surface area contributed by atoms with Gasteiger partial charge in [0.1, 0.15) is 11.6 Å². The molecule has 24 heavy (non-hydrogen) atoms. The highest BCUT2D eigenvalue weighted by Gasteiger charge is 2.31. The van der Waals surface area contributed by atoms with E-state index in [0.29, 0.717) is 30.5 Å². The largest absolute Gasteiger partial charge is 0.451 e. The average Bonchev–Trinajstić information content (AvgIpc) is 3.04. The number of hydrogen-bond acceptors (Lipinski definition) is 3. The predicted octanol–water partition coefficient (Wildman–Crippen LogP) is 3.71. The number of halogens is 2. The van der Waals surface area contributed by atoms with Crippen molar-refractivity contribution < 1.29 is 13.6 Å². The highest BCUT2D eigenvalue weighted by molar-refractivity contribution is 5.92. The molecule has 2 heterocycles. The van der Waals surface area contributed by atoms with E-state index in [1.54, 1.807) is 24.3 Å². The minimum Gasteiger partial charge on any atom is -0.451 e. The van der Waals surface area contributed by atoms with Crippen LogP contribution in [0.15, 0.2) is 40.8 Å². The lowest BCUT2D eigenvalue weighted by molar-refractivity contribution is 0.0542. The second-order valence-electron chi connectivity index (χ2n) is 6.19. The van der Waals surface area contributed by atoms with Gasteiger partial charge in [0.2, 0.25) is 0 Å². The van der Waals surface area contributed by atoms with Crippen molar-refractivity contribution in [2.75, 3.05) is 13.1 Å². The lowest BCUT2D eigenvalue weighted by atomic mass is 9.92. The standard InChI is InChI=1S/C18H21FN2O2.ClH/c1-12-8-9-21(15(10-12)11-20)18(22)17-7-6-16(23-17)13-2-4-14(19)5-3-13;/h2-7,12,15H,8-11,20H2,1H3;1H. The topological polar surface area (TPSA) is 59.5 Å². The van der Waals surface area contributed by atoms with E-state index < -0.39 is 0 Å². The number of carbonyl (C=O) groups is 1. The van der Waals surface area contributed by atoms with Gasteiger partial charge in [-0.1, -0.05) is 6.92 Å². The van der Waals surface area contributed by atoms with Gasteiger partial charge in [0.25, 0.3) is 5.91 Å². The molecule has 130 valence electrons. The summed E-state index contributed by atoms with van der Waals surface area (Å²) in [7, 11) is 0. The molecule has 2 atom stereocenters. The maximum Gasteiger partial charge on any atom is 0.289 e. The summed E-state index contributed by atoms with van der Waals surface area (Å²) in [6.07, 6.45) is 1.90. The molecule has 3 rings (SSSR count). The maximum atomic E-state index is 13.0. The van der Waals surface area contributed by atoms with E-state index in [0.717, 1.165) is 18.4 Å². The van der Waals surface area contributed by atoms with Crippen molar-refractivity contribution in [3.8, 4) is 11.3 Å². The minimum atomic E-state index is -0.301. The van der Waals surface area contributed by atoms with Crippen molar-refractivity contribution in [3.05, 3.63) is 48.0 Å². The zero-order chi connectivity index (χ0) is 16.4. The molecule has 1 amide bonds. The first kappa shape index (κ1) is 18.5. The van der Waals surface area contributed by atoms with Crippen LogP contribution in [0.1, 0.15) is 30.3 Å². The molecule has 1 aromatic carbocycles. The minimum absolute atomic E-state index is 0. The van der Waals surface area contributed by atoms with Crippen LogP contribution in [0, 0.1) is 11.7 Å². The Balaban J connectivity index is 0.00000208. The van der Waals surface area contributed by atoms with Gasteiger partial charge in [0.15, 0.2) is 5.76 Å². The summed E-state index contributed by atoms with van der Waals surface area (Å²) in [5.41, 5.74) is 6.57. The Morgan fingerprint density at radius 2 is 2.00 bits per heavy atom. The van der Waals surface area contributed by atoms with Crippen molar-refractivity contribution >= 4 is 18.3 Å². The van der Waals surface area contributed by atoms with Crippen LogP contribution < -0.4 is 5.73 Å². The molecule has 2 N–H and O–H groups in total. The van der Waals surface area contributed by atoms with E-state index in [1.165, 1.54) is 12.1 Å². The highest BCUT2D eigenvalue weighted by atomic mass is 35.5. The molecule has 2 aromatic rings. The Morgan fingerprint density at radius 1 is 1.29 bits per heavy atom. The number of nitrogens with two attached hydrogens (primary N) is 1. The number of nitrogens with zero attached hydrogens (tertiary/aromatic N) is 1. The van der Waals surface area contributed by atoms with Crippen LogP contribution in [-0.4, -0.2) is 29.9 Å². The van der Waals surface area contributed by atoms with Crippen LogP contribution in [0.5, 0.6) is 0 Å². The second kappa shape index (κ2) is 7.81. The zero-order valence-electron chi connectivity index (χ0n) is 13.6. The van der Waals surface area contributed by atoms with E-state index in [9.17, 15) is 9.18 Å². The summed E-state index contributed by atoms with van der Waals surface area (Å²) in [5, 5.41) is 0. The van der Waals surface area contributed by atoms with Crippen molar-refractivity contribution in [2.45, 2.75) is 25.8 Å². The number of rotatable bonds is 3. The molecule has 1 aromatic heterocycles. The molecule has 2 unspecified atom stereocenters. The number of hydrogen-bond donors (Lipinski definition) is 1. The SMILES string of the molecule is CC1CCN(C(=O)c2ccc(-c3ccc(F)cc3)o2)C(CN)C1.Cl. The highest BCUT2D eigenvalue weighted by Crippen LogP contribution is 2.27. The van der Waals surface area contributed by atoms with Crippen LogP contribution in [0.25, 0.3) is 11.3 Å². The zero-order valence-corrected chi connectivity index (χ0v) is 14.4. The normalized spacial score (nSPS) is 20.5. The number of likely N-dealkylation sites (tertiary alicyclic amines) is 1. The molecule has 0 spiro atoms. The second-order valence-corrected chi connectivity index (χ2v) is 6.19. The van der Waals surface area contributed by atoms with Crippen molar-refractivity contribution in [2.24, 2.45) is 11.7 Å².